The Morgan fingerprint density at radius 1 is 0.704 bits per heavy atom. The third-order valence-corrected chi connectivity index (χ3v) is 24.5. The maximum Gasteiger partial charge on any atom is 0.407 e. The topological polar surface area (TPSA) is 389 Å². The lowest BCUT2D eigenvalue weighted by Crippen LogP contribution is -2.61. The average molecular weight is 1750 g/mol. The number of rotatable bonds is 37. The van der Waals surface area contributed by atoms with Gasteiger partial charge >= 0.3 is 12.1 Å². The monoisotopic (exact) mass is 1740 g/mol. The maximum atomic E-state index is 14.8. The Morgan fingerprint density at radius 3 is 2.07 bits per heavy atom. The number of methoxy groups -OCH3 is 3. The van der Waals surface area contributed by atoms with Gasteiger partial charge in [-0.15, -0.1) is 0 Å². The molecule has 3 fully saturated rings. The number of amides is 3. The molecule has 2 saturated heterocycles. The number of hydrogen-bond acceptors (Lipinski definition) is 27. The second-order valence-corrected chi connectivity index (χ2v) is 33.9. The van der Waals surface area contributed by atoms with E-state index in [0.717, 1.165) is 39.7 Å². The summed E-state index contributed by atoms with van der Waals surface area (Å²) in [4.78, 5) is 104. The number of piperidine rings is 1. The van der Waals surface area contributed by atoms with Crippen LogP contribution in [0.5, 0.6) is 0 Å². The van der Waals surface area contributed by atoms with Crippen LogP contribution in [0.1, 0.15) is 155 Å². The van der Waals surface area contributed by atoms with Crippen molar-refractivity contribution in [1.82, 2.24) is 44.8 Å². The molecule has 0 radical (unpaired) electrons. The number of nitrogens with zero attached hydrogens (tertiary/aromatic N) is 7. The fourth-order valence-electron chi connectivity index (χ4n) is 17.3. The van der Waals surface area contributed by atoms with Crippen molar-refractivity contribution in [1.29, 1.82) is 0 Å². The number of hydrogen-bond donors (Lipinski definition) is 5. The van der Waals surface area contributed by atoms with Gasteiger partial charge in [0.15, 0.2) is 11.4 Å². The number of nitrogens with two attached hydrogens (primary N) is 1. The number of nitrogen functional groups attached to an aromatic ring is 1. The predicted molar refractivity (Wildman–Crippen MR) is 468 cm³/mol. The highest BCUT2D eigenvalue weighted by molar-refractivity contribution is 6.39. The number of fused-ring (bicyclic) bond motifs is 6. The molecule has 690 valence electrons. The molecule has 5 aromatic rings. The fourth-order valence-corrected chi connectivity index (χ4v) is 17.3. The van der Waals surface area contributed by atoms with Crippen molar-refractivity contribution >= 4 is 63.3 Å². The van der Waals surface area contributed by atoms with Crippen molar-refractivity contribution in [2.24, 2.45) is 35.5 Å². The number of cyclic esters (lactones) is 1. The minimum atomic E-state index is -2.43. The fraction of sp³-hybridized carbons (Fsp3) is 0.656. The van der Waals surface area contributed by atoms with Crippen LogP contribution in [0.2, 0.25) is 0 Å². The standard InChI is InChI=1S/C93H136N10O22/c1-61-16-12-11-13-17-63(3)78(112-8)56-74-24-20-67(7)93(111,125-74)86(107)90(108)102-32-15-14-18-75(102)91(109)123-76(25-19-62(2)51-66(6)84(106)85(114-10)83(105)65(5)50-61)64(4)52-68-22-26-77(79(54-68)113-9)124-92(110)96-31-35-116-37-39-118-41-43-120-45-47-122-49-48-121-46-44-119-42-40-117-38-36-115-34-29-80(104)101-33-28-70-53-69(21-23-72(70)59-101)58-103-89-81(87(94)98-60-99-89)82(100-103)73-55-71-27-30-95-88(71)97-57-73/h11-13,16-17,21,23,27,30,51,53,55,57,60-62,64-65,67-68,74-79,84-85,106,111H,14-15,18-20,22,24-26,28-29,31-50,52,54,56,58-59H2,1-10H3,(H,95,97)(H,96,110)(H2,94,98,99)/b13-11+,16-12+,63-17+,66-51+/t61-,62+,64-,65-,67-,68+,74+,75+,76+,77-,78+,79-,84-,85+,93-/m1/s1. The molecule has 32 nitrogen and oxygen atoms in total. The van der Waals surface area contributed by atoms with Gasteiger partial charge in [-0.1, -0.05) is 89.3 Å². The van der Waals surface area contributed by atoms with Crippen LogP contribution in [0.25, 0.3) is 33.3 Å². The number of aromatic amines is 1. The Labute approximate surface area is 735 Å². The van der Waals surface area contributed by atoms with E-state index in [1.807, 2.05) is 99.0 Å². The number of Topliss-reactive ketones (excluding diaryl/α,β-unsaturated/α-hetero) is 2. The minimum Gasteiger partial charge on any atom is -0.461 e. The summed E-state index contributed by atoms with van der Waals surface area (Å²) in [6.07, 6.45) is 18.8. The number of ether oxygens (including phenoxy) is 14. The van der Waals surface area contributed by atoms with Gasteiger partial charge in [0.25, 0.3) is 11.7 Å². The van der Waals surface area contributed by atoms with Crippen LogP contribution in [-0.2, 0) is 110 Å². The largest absolute Gasteiger partial charge is 0.461 e. The molecule has 15 atom stereocenters. The molecular weight excluding hydrogens is 1610 g/mol. The number of pyridine rings is 1. The Hall–Kier alpha value is -8.32. The molecule has 0 unspecified atom stereocenters. The molecule has 1 aliphatic carbocycles. The number of nitrogens with one attached hydrogen (secondary N) is 2. The van der Waals surface area contributed by atoms with Crippen molar-refractivity contribution in [3.05, 3.63) is 113 Å². The number of aliphatic hydroxyl groups is 2. The van der Waals surface area contributed by atoms with Crippen LogP contribution >= 0.6 is 0 Å². The molecule has 4 aromatic heterocycles. The molecular formula is C93H136N10O22. The molecule has 5 aliphatic rings. The molecule has 32 heteroatoms. The van der Waals surface area contributed by atoms with Gasteiger partial charge in [-0.05, 0) is 161 Å². The number of carbonyl (C=O) groups is 6. The number of ketones is 2. The molecule has 8 heterocycles. The summed E-state index contributed by atoms with van der Waals surface area (Å²) in [6.45, 7) is 21.3. The number of aliphatic hydroxyl groups excluding tert-OH is 1. The summed E-state index contributed by atoms with van der Waals surface area (Å²) in [5, 5.41) is 33.2. The predicted octanol–water partition coefficient (Wildman–Crippen LogP) is 10.2. The number of alkyl carbamates (subject to hydrolysis) is 1. The van der Waals surface area contributed by atoms with Gasteiger partial charge in [0, 0.05) is 89.1 Å². The van der Waals surface area contributed by atoms with Gasteiger partial charge in [-0.2, -0.15) is 5.10 Å². The lowest BCUT2D eigenvalue weighted by Gasteiger charge is -2.42. The molecule has 1 aromatic carbocycles. The smallest absolute Gasteiger partial charge is 0.407 e. The Bertz CT molecular complexity index is 4360. The first-order chi connectivity index (χ1) is 60.5. The van der Waals surface area contributed by atoms with E-state index in [2.05, 4.69) is 43.5 Å². The lowest BCUT2D eigenvalue weighted by atomic mass is 9.78. The number of carbonyl (C=O) groups excluding carboxylic acids is 6. The average Bonchev–Trinajstić information content (AvgIpc) is 1.63. The van der Waals surface area contributed by atoms with Gasteiger partial charge in [0.1, 0.15) is 53.9 Å². The molecule has 125 heavy (non-hydrogen) atoms. The van der Waals surface area contributed by atoms with E-state index in [1.54, 1.807) is 34.3 Å². The zero-order chi connectivity index (χ0) is 89.2. The van der Waals surface area contributed by atoms with Crippen LogP contribution in [0.3, 0.4) is 0 Å². The summed E-state index contributed by atoms with van der Waals surface area (Å²) >= 11 is 0. The van der Waals surface area contributed by atoms with E-state index in [1.165, 1.54) is 23.9 Å². The molecule has 2 bridgehead atoms. The number of benzene rings is 1. The lowest BCUT2D eigenvalue weighted by molar-refractivity contribution is -0.265. The van der Waals surface area contributed by atoms with E-state index >= 15 is 0 Å². The Balaban J connectivity index is 0.547. The first-order valence-corrected chi connectivity index (χ1v) is 44.8. The molecule has 4 aliphatic heterocycles. The van der Waals surface area contributed by atoms with Crippen LogP contribution in [0.15, 0.2) is 96.7 Å². The number of anilines is 1. The number of esters is 1. The first-order valence-electron chi connectivity index (χ1n) is 44.8. The summed E-state index contributed by atoms with van der Waals surface area (Å²) < 4.78 is 83.3. The Kier molecular flexibility index (Phi) is 40.3. The summed E-state index contributed by atoms with van der Waals surface area (Å²) in [7, 11) is 4.61. The van der Waals surface area contributed by atoms with E-state index in [-0.39, 0.29) is 67.9 Å². The third kappa shape index (κ3) is 29.4. The van der Waals surface area contributed by atoms with Crippen LogP contribution in [-0.4, -0.2) is 286 Å². The van der Waals surface area contributed by atoms with E-state index in [4.69, 9.17) is 77.1 Å². The van der Waals surface area contributed by atoms with Crippen molar-refractivity contribution in [3.8, 4) is 11.3 Å². The molecule has 10 rings (SSSR count). The van der Waals surface area contributed by atoms with Gasteiger partial charge < -0.3 is 102 Å². The van der Waals surface area contributed by atoms with Crippen molar-refractivity contribution in [3.63, 3.8) is 0 Å². The summed E-state index contributed by atoms with van der Waals surface area (Å²) in [5.41, 5.74) is 14.2. The number of H-pyrrole nitrogens is 1. The van der Waals surface area contributed by atoms with Crippen LogP contribution in [0, 0.1) is 35.5 Å². The second kappa shape index (κ2) is 51.0. The van der Waals surface area contributed by atoms with E-state index in [0.29, 0.717) is 224 Å². The third-order valence-electron chi connectivity index (χ3n) is 24.5. The summed E-state index contributed by atoms with van der Waals surface area (Å²) in [6, 6.07) is 9.26. The Morgan fingerprint density at radius 2 is 1.39 bits per heavy atom. The van der Waals surface area contributed by atoms with Gasteiger partial charge in [0.05, 0.1) is 142 Å². The second-order valence-electron chi connectivity index (χ2n) is 33.9. The normalized spacial score (nSPS) is 27.2. The van der Waals surface area contributed by atoms with Crippen molar-refractivity contribution in [2.75, 3.05) is 152 Å². The molecule has 1 saturated carbocycles. The first kappa shape index (κ1) is 98.9. The zero-order valence-corrected chi connectivity index (χ0v) is 74.9. The maximum absolute atomic E-state index is 14.8. The number of allylic oxidation sites excluding steroid dienone is 6. The molecule has 3 amide bonds. The summed E-state index contributed by atoms with van der Waals surface area (Å²) in [5.74, 6) is -6.33. The van der Waals surface area contributed by atoms with Crippen LogP contribution in [0.4, 0.5) is 10.6 Å². The van der Waals surface area contributed by atoms with Gasteiger partial charge in [0.2, 0.25) is 11.7 Å². The molecule has 6 N–H and O–H groups in total. The van der Waals surface area contributed by atoms with Crippen molar-refractivity contribution < 1.29 is 105 Å². The quantitative estimate of drug-likeness (QED) is 0.0107. The zero-order valence-electron chi connectivity index (χ0n) is 74.9. The van der Waals surface area contributed by atoms with E-state index < -0.39 is 90.1 Å². The molecule has 0 spiro atoms. The minimum absolute atomic E-state index is 0.0300. The van der Waals surface area contributed by atoms with Crippen molar-refractivity contribution in [2.45, 2.75) is 212 Å². The van der Waals surface area contributed by atoms with Crippen LogP contribution < -0.4 is 11.1 Å². The highest BCUT2D eigenvalue weighted by Gasteiger charge is 2.53. The highest BCUT2D eigenvalue weighted by Crippen LogP contribution is 2.40. The highest BCUT2D eigenvalue weighted by atomic mass is 16.6. The van der Waals surface area contributed by atoms with Gasteiger partial charge in [-0.25, -0.2) is 29.2 Å². The van der Waals surface area contributed by atoms with E-state index in [9.17, 15) is 39.0 Å². The van der Waals surface area contributed by atoms with Gasteiger partial charge in [-0.3, -0.25) is 19.2 Å². The SMILES string of the molecule is CO[C@H]1C[C@@H]2CC[C@@H](C)[C@@](O)(O2)C(=O)C(=O)N2CCCC[C@H]2C(=O)O[C@H]([C@H](C)C[C@@H]2CC[C@@H](OC(=O)NCCOCCOCCOCCOCCOCCOCCOCCOCCC(=O)N3CCc4cc(Cn5nc(-c6cnc7[nH]ccc7c6)c6c(N)ncnc65)ccc4C3)[C@H](OC)C2)CC[C@H](C)/C=C(\C)[C@@H](O)[C@@H](OC)C(=O)[C@H](C)C[C@H](C)/C=C/C=C/C=C/1C. The number of aromatic nitrogens is 6.